The third-order valence-electron chi connectivity index (χ3n) is 2.11. The molecule has 0 unspecified atom stereocenters. The first-order chi connectivity index (χ1) is 10.3. The van der Waals surface area contributed by atoms with Crippen LogP contribution in [0.25, 0.3) is 0 Å². The number of amides is 2. The standard InChI is InChI=1S/C10H18N4O6S2/c11-5(3-21)9(17)13-1-7(15)19-20-8(16)2-14-10(18)6(12)4-22/h5-6,21-22H,1-4,11-12H2,(H,13,17)(H,14,18)/t5-,6-/m0/s1. The second-order valence-corrected chi connectivity index (χ2v) is 4.65. The minimum Gasteiger partial charge on any atom is -0.344 e. The minimum absolute atomic E-state index is 0.101. The highest BCUT2D eigenvalue weighted by atomic mass is 32.1. The van der Waals surface area contributed by atoms with Crippen molar-refractivity contribution in [1.29, 1.82) is 0 Å². The van der Waals surface area contributed by atoms with Gasteiger partial charge in [0.1, 0.15) is 13.1 Å². The van der Waals surface area contributed by atoms with Gasteiger partial charge in [-0.15, -0.1) is 0 Å². The fraction of sp³-hybridized carbons (Fsp3) is 0.600. The second-order valence-electron chi connectivity index (χ2n) is 3.92. The number of nitrogens with one attached hydrogen (secondary N) is 2. The van der Waals surface area contributed by atoms with Crippen molar-refractivity contribution in [2.45, 2.75) is 12.1 Å². The number of thiol groups is 2. The molecule has 0 aromatic rings. The third kappa shape index (κ3) is 8.71. The number of hydrogen-bond acceptors (Lipinski definition) is 10. The van der Waals surface area contributed by atoms with Crippen LogP contribution in [0.15, 0.2) is 0 Å². The molecule has 0 bridgehead atoms. The van der Waals surface area contributed by atoms with Crippen LogP contribution < -0.4 is 22.1 Å². The zero-order valence-corrected chi connectivity index (χ0v) is 13.3. The molecule has 2 amide bonds. The highest BCUT2D eigenvalue weighted by Crippen LogP contribution is 1.87. The summed E-state index contributed by atoms with van der Waals surface area (Å²) >= 11 is 7.62. The predicted octanol–water partition coefficient (Wildman–Crippen LogP) is -3.27. The summed E-state index contributed by atoms with van der Waals surface area (Å²) in [5.41, 5.74) is 10.7. The largest absolute Gasteiger partial charge is 0.374 e. The lowest BCUT2D eigenvalue weighted by Crippen LogP contribution is -2.44. The summed E-state index contributed by atoms with van der Waals surface area (Å²) in [6.07, 6.45) is 0. The molecule has 10 nitrogen and oxygen atoms in total. The molecule has 126 valence electrons. The van der Waals surface area contributed by atoms with Crippen molar-refractivity contribution in [2.24, 2.45) is 11.5 Å². The number of hydrogen-bond donors (Lipinski definition) is 6. The average Bonchev–Trinajstić information content (AvgIpc) is 2.53. The van der Waals surface area contributed by atoms with E-state index in [1.54, 1.807) is 0 Å². The average molecular weight is 354 g/mol. The summed E-state index contributed by atoms with van der Waals surface area (Å²) in [7, 11) is 0. The number of nitrogens with two attached hydrogens (primary N) is 2. The molecule has 22 heavy (non-hydrogen) atoms. The van der Waals surface area contributed by atoms with E-state index in [-0.39, 0.29) is 11.5 Å². The van der Waals surface area contributed by atoms with E-state index in [4.69, 9.17) is 11.5 Å². The van der Waals surface area contributed by atoms with Crippen LogP contribution in [0.3, 0.4) is 0 Å². The monoisotopic (exact) mass is 354 g/mol. The fourth-order valence-corrected chi connectivity index (χ4v) is 1.23. The van der Waals surface area contributed by atoms with Gasteiger partial charge in [0, 0.05) is 11.5 Å². The fourth-order valence-electron chi connectivity index (χ4n) is 0.898. The van der Waals surface area contributed by atoms with Crippen LogP contribution in [0.1, 0.15) is 0 Å². The van der Waals surface area contributed by atoms with Gasteiger partial charge in [-0.3, -0.25) is 9.59 Å². The van der Waals surface area contributed by atoms with Gasteiger partial charge < -0.3 is 22.1 Å². The number of carbonyl (C=O) groups excluding carboxylic acids is 4. The Balaban J connectivity index is 3.89. The summed E-state index contributed by atoms with van der Waals surface area (Å²) in [6, 6.07) is -1.74. The van der Waals surface area contributed by atoms with Gasteiger partial charge in [-0.1, -0.05) is 0 Å². The topological polar surface area (TPSA) is 163 Å². The molecule has 2 atom stereocenters. The molecule has 0 aliphatic carbocycles. The van der Waals surface area contributed by atoms with E-state index in [2.05, 4.69) is 45.7 Å². The number of carbonyl (C=O) groups is 4. The Morgan fingerprint density at radius 1 is 0.818 bits per heavy atom. The van der Waals surface area contributed by atoms with Gasteiger partial charge >= 0.3 is 11.9 Å². The van der Waals surface area contributed by atoms with Crippen LogP contribution in [-0.4, -0.2) is 60.4 Å². The maximum Gasteiger partial charge on any atom is 0.374 e. The van der Waals surface area contributed by atoms with E-state index < -0.39 is 48.9 Å². The molecule has 0 spiro atoms. The first-order valence-electron chi connectivity index (χ1n) is 6.00. The molecule has 0 aromatic heterocycles. The zero-order valence-electron chi connectivity index (χ0n) is 11.5. The molecule has 0 aromatic carbocycles. The molecule has 12 heteroatoms. The van der Waals surface area contributed by atoms with Gasteiger partial charge in [0.2, 0.25) is 11.8 Å². The minimum atomic E-state index is -1.02. The van der Waals surface area contributed by atoms with Crippen molar-refractivity contribution < 1.29 is 29.0 Å². The quantitative estimate of drug-likeness (QED) is 0.150. The molecule has 0 fully saturated rings. The Labute approximate surface area is 137 Å². The van der Waals surface area contributed by atoms with E-state index in [9.17, 15) is 19.2 Å². The molecule has 0 rings (SSSR count). The van der Waals surface area contributed by atoms with Gasteiger partial charge in [-0.2, -0.15) is 25.3 Å². The molecule has 6 N–H and O–H groups in total. The van der Waals surface area contributed by atoms with Gasteiger partial charge in [-0.25, -0.2) is 19.4 Å². The Morgan fingerprint density at radius 3 is 1.41 bits per heavy atom. The Kier molecular flexibility index (Phi) is 10.4. The Morgan fingerprint density at radius 2 is 1.14 bits per heavy atom. The van der Waals surface area contributed by atoms with Gasteiger partial charge in [0.05, 0.1) is 12.1 Å². The van der Waals surface area contributed by atoms with Crippen molar-refractivity contribution in [3.63, 3.8) is 0 Å². The lowest BCUT2D eigenvalue weighted by atomic mass is 10.3. The van der Waals surface area contributed by atoms with Crippen molar-refractivity contribution >= 4 is 49.0 Å². The molecule has 0 saturated heterocycles. The first-order valence-corrected chi connectivity index (χ1v) is 7.26. The summed E-state index contributed by atoms with van der Waals surface area (Å²) in [4.78, 5) is 53.0. The van der Waals surface area contributed by atoms with Crippen molar-refractivity contribution in [1.82, 2.24) is 10.6 Å². The van der Waals surface area contributed by atoms with Crippen LogP contribution in [0.2, 0.25) is 0 Å². The lowest BCUT2D eigenvalue weighted by molar-refractivity contribution is -0.257. The van der Waals surface area contributed by atoms with Crippen molar-refractivity contribution in [3.05, 3.63) is 0 Å². The maximum atomic E-state index is 11.2. The van der Waals surface area contributed by atoms with E-state index in [0.29, 0.717) is 0 Å². The lowest BCUT2D eigenvalue weighted by Gasteiger charge is -2.10. The van der Waals surface area contributed by atoms with Crippen LogP contribution >= 0.6 is 25.3 Å². The summed E-state index contributed by atoms with van der Waals surface area (Å²) in [5.74, 6) is -3.05. The summed E-state index contributed by atoms with van der Waals surface area (Å²) in [6.45, 7) is -1.07. The number of rotatable bonds is 8. The Bertz CT molecular complexity index is 384. The van der Waals surface area contributed by atoms with Crippen LogP contribution in [0.4, 0.5) is 0 Å². The molecular weight excluding hydrogens is 336 g/mol. The molecule has 0 heterocycles. The van der Waals surface area contributed by atoms with Crippen LogP contribution in [-0.2, 0) is 29.0 Å². The van der Waals surface area contributed by atoms with E-state index >= 15 is 0 Å². The van der Waals surface area contributed by atoms with Crippen molar-refractivity contribution in [3.8, 4) is 0 Å². The predicted molar refractivity (Wildman–Crippen MR) is 81.9 cm³/mol. The normalized spacial score (nSPS) is 12.7. The van der Waals surface area contributed by atoms with E-state index in [1.165, 1.54) is 0 Å². The molecule has 0 aliphatic rings. The second kappa shape index (κ2) is 11.1. The zero-order chi connectivity index (χ0) is 17.1. The highest BCUT2D eigenvalue weighted by Gasteiger charge is 2.16. The van der Waals surface area contributed by atoms with Crippen LogP contribution in [0, 0.1) is 0 Å². The maximum absolute atomic E-state index is 11.2. The molecule has 0 radical (unpaired) electrons. The van der Waals surface area contributed by atoms with Gasteiger partial charge in [0.15, 0.2) is 0 Å². The van der Waals surface area contributed by atoms with Gasteiger partial charge in [-0.05, 0) is 0 Å². The summed E-state index contributed by atoms with van der Waals surface area (Å²) < 4.78 is 0. The Hall–Kier alpha value is -1.50. The highest BCUT2D eigenvalue weighted by molar-refractivity contribution is 7.80. The van der Waals surface area contributed by atoms with Crippen molar-refractivity contribution in [2.75, 3.05) is 24.6 Å². The molecular formula is C10H18N4O6S2. The smallest absolute Gasteiger partial charge is 0.344 e. The van der Waals surface area contributed by atoms with Gasteiger partial charge in [0.25, 0.3) is 0 Å². The first kappa shape index (κ1) is 20.5. The van der Waals surface area contributed by atoms with E-state index in [1.807, 2.05) is 0 Å². The van der Waals surface area contributed by atoms with Crippen LogP contribution in [0.5, 0.6) is 0 Å². The molecule has 0 aliphatic heterocycles. The van der Waals surface area contributed by atoms with E-state index in [0.717, 1.165) is 0 Å². The third-order valence-corrected chi connectivity index (χ3v) is 2.90. The SMILES string of the molecule is N[C@@H](CS)C(=O)NCC(=O)OOC(=O)CNC(=O)[C@@H](N)CS. The molecule has 0 saturated carbocycles. The summed E-state index contributed by atoms with van der Waals surface area (Å²) in [5, 5.41) is 4.31.